The van der Waals surface area contributed by atoms with Crippen molar-refractivity contribution in [1.82, 2.24) is 14.1 Å². The molecular weight excluding hydrogens is 410 g/mol. The van der Waals surface area contributed by atoms with Crippen molar-refractivity contribution in [2.75, 3.05) is 6.61 Å². The van der Waals surface area contributed by atoms with Crippen LogP contribution in [-0.2, 0) is 20.2 Å². The van der Waals surface area contributed by atoms with Gasteiger partial charge in [0.25, 0.3) is 0 Å². The molecule has 0 spiro atoms. The third-order valence-electron chi connectivity index (χ3n) is 5.99. The van der Waals surface area contributed by atoms with Crippen LogP contribution in [0.1, 0.15) is 73.4 Å². The normalized spacial score (nSPS) is 23.0. The highest BCUT2D eigenvalue weighted by Gasteiger charge is 2.51. The lowest BCUT2D eigenvalue weighted by molar-refractivity contribution is -0.0433. The van der Waals surface area contributed by atoms with Crippen molar-refractivity contribution in [2.45, 2.75) is 89.8 Å². The summed E-state index contributed by atoms with van der Waals surface area (Å²) in [6, 6.07) is 9.45. The molecule has 0 radical (unpaired) electrons. The quantitative estimate of drug-likeness (QED) is 0.591. The minimum atomic E-state index is -3.83. The van der Waals surface area contributed by atoms with Crippen LogP contribution in [0.15, 0.2) is 41.4 Å². The molecule has 7 heteroatoms. The summed E-state index contributed by atoms with van der Waals surface area (Å²) in [6.07, 6.45) is 3.93. The molecule has 2 atom stereocenters. The summed E-state index contributed by atoms with van der Waals surface area (Å²) in [7, 11) is -3.83. The molecule has 3 rings (SSSR count). The highest BCUT2D eigenvalue weighted by molar-refractivity contribution is 7.89. The van der Waals surface area contributed by atoms with Crippen molar-refractivity contribution >= 4 is 10.0 Å². The Hall–Kier alpha value is -1.70. The summed E-state index contributed by atoms with van der Waals surface area (Å²) in [5, 5.41) is 4.73. The number of ether oxygens (including phenoxy) is 1. The third kappa shape index (κ3) is 4.73. The number of para-hydroxylation sites is 1. The van der Waals surface area contributed by atoms with E-state index >= 15 is 0 Å². The Morgan fingerprint density at radius 3 is 2.42 bits per heavy atom. The van der Waals surface area contributed by atoms with Crippen LogP contribution in [0.25, 0.3) is 5.69 Å². The Labute approximate surface area is 187 Å². The van der Waals surface area contributed by atoms with Crippen LogP contribution in [0.2, 0.25) is 0 Å². The molecule has 6 nitrogen and oxygen atoms in total. The zero-order valence-corrected chi connectivity index (χ0v) is 20.7. The second-order valence-corrected chi connectivity index (χ2v) is 11.9. The van der Waals surface area contributed by atoms with Gasteiger partial charge in [-0.05, 0) is 44.2 Å². The first kappa shape index (κ1) is 24.0. The van der Waals surface area contributed by atoms with E-state index in [-0.39, 0.29) is 10.9 Å². The Morgan fingerprint density at radius 1 is 1.23 bits per heavy atom. The molecule has 2 aromatic rings. The van der Waals surface area contributed by atoms with Crippen molar-refractivity contribution in [2.24, 2.45) is 5.92 Å². The molecule has 1 saturated heterocycles. The molecule has 0 aliphatic carbocycles. The Morgan fingerprint density at radius 2 is 1.87 bits per heavy atom. The predicted octanol–water partition coefficient (Wildman–Crippen LogP) is 5.12. The molecule has 0 saturated carbocycles. The molecule has 1 aliphatic heterocycles. The van der Waals surface area contributed by atoms with E-state index in [1.54, 1.807) is 15.2 Å². The third-order valence-corrected chi connectivity index (χ3v) is 8.05. The van der Waals surface area contributed by atoms with Crippen molar-refractivity contribution in [1.29, 1.82) is 0 Å². The molecule has 1 aliphatic rings. The summed E-state index contributed by atoms with van der Waals surface area (Å²) < 4.78 is 37.8. The van der Waals surface area contributed by atoms with Gasteiger partial charge in [-0.2, -0.15) is 9.40 Å². The molecule has 0 amide bonds. The second kappa shape index (κ2) is 8.68. The molecule has 1 fully saturated rings. The number of hydrogen-bond acceptors (Lipinski definition) is 4. The van der Waals surface area contributed by atoms with Crippen molar-refractivity contribution in [3.8, 4) is 5.69 Å². The van der Waals surface area contributed by atoms with Gasteiger partial charge in [-0.15, -0.1) is 0 Å². The van der Waals surface area contributed by atoms with Gasteiger partial charge in [-0.25, -0.2) is 13.1 Å². The maximum Gasteiger partial charge on any atom is 0.249 e. The van der Waals surface area contributed by atoms with Crippen molar-refractivity contribution < 1.29 is 13.2 Å². The zero-order chi connectivity index (χ0) is 23.0. The number of nitrogens with zero attached hydrogens (tertiary/aromatic N) is 3. The summed E-state index contributed by atoms with van der Waals surface area (Å²) in [5.74, 6) is 0.469. The minimum absolute atomic E-state index is 0.185. The molecule has 31 heavy (non-hydrogen) atoms. The predicted molar refractivity (Wildman–Crippen MR) is 124 cm³/mol. The lowest BCUT2D eigenvalue weighted by Crippen LogP contribution is -2.49. The van der Waals surface area contributed by atoms with E-state index in [2.05, 4.69) is 13.8 Å². The fourth-order valence-corrected chi connectivity index (χ4v) is 6.44. The Bertz CT molecular complexity index is 993. The SMILES string of the molecule is CCC1COC(C)(CCC(C)C)N1S(=O)(=O)c1cn(-c2ccccc2)nc1C(C)(C)C. The number of sulfonamides is 1. The summed E-state index contributed by atoms with van der Waals surface area (Å²) in [5.41, 5.74) is 0.123. The van der Waals surface area contributed by atoms with Crippen LogP contribution in [0.3, 0.4) is 0 Å². The van der Waals surface area contributed by atoms with Gasteiger partial charge in [0.2, 0.25) is 10.0 Å². The average molecular weight is 448 g/mol. The number of rotatable bonds is 7. The first-order valence-corrected chi connectivity index (χ1v) is 12.7. The summed E-state index contributed by atoms with van der Waals surface area (Å²) in [6.45, 7) is 14.6. The van der Waals surface area contributed by atoms with Gasteiger partial charge in [-0.3, -0.25) is 0 Å². The number of benzene rings is 1. The standard InChI is InChI=1S/C24H37N3O3S/c1-8-19-17-30-24(7,15-14-18(2)3)27(19)31(28,29)21-16-26(20-12-10-9-11-13-20)25-22(21)23(4,5)6/h9-13,16,18-19H,8,14-15,17H2,1-7H3. The average Bonchev–Trinajstić information content (AvgIpc) is 3.30. The fraction of sp³-hybridized carbons (Fsp3) is 0.625. The fourth-order valence-electron chi connectivity index (χ4n) is 4.15. The summed E-state index contributed by atoms with van der Waals surface area (Å²) >= 11 is 0. The molecular formula is C24H37N3O3S. The number of hydrogen-bond donors (Lipinski definition) is 0. The van der Waals surface area contributed by atoms with Crippen LogP contribution in [0, 0.1) is 5.92 Å². The largest absolute Gasteiger partial charge is 0.358 e. The van der Waals surface area contributed by atoms with Crippen LogP contribution in [0.4, 0.5) is 0 Å². The van der Waals surface area contributed by atoms with E-state index in [1.165, 1.54) is 0 Å². The maximum atomic E-state index is 14.2. The first-order valence-electron chi connectivity index (χ1n) is 11.2. The molecule has 0 bridgehead atoms. The van der Waals surface area contributed by atoms with Gasteiger partial charge in [0.05, 0.1) is 30.2 Å². The van der Waals surface area contributed by atoms with E-state index in [9.17, 15) is 8.42 Å². The van der Waals surface area contributed by atoms with E-state index in [4.69, 9.17) is 9.84 Å². The Kier molecular flexibility index (Phi) is 6.71. The van der Waals surface area contributed by atoms with Gasteiger partial charge < -0.3 is 4.74 Å². The Balaban J connectivity index is 2.14. The van der Waals surface area contributed by atoms with Gasteiger partial charge in [0.1, 0.15) is 10.6 Å². The van der Waals surface area contributed by atoms with Gasteiger partial charge in [0, 0.05) is 5.41 Å². The molecule has 2 heterocycles. The van der Waals surface area contributed by atoms with Crippen LogP contribution in [-0.4, -0.2) is 40.9 Å². The van der Waals surface area contributed by atoms with E-state index in [0.717, 1.165) is 12.1 Å². The lowest BCUT2D eigenvalue weighted by Gasteiger charge is -2.36. The minimum Gasteiger partial charge on any atom is -0.358 e. The van der Waals surface area contributed by atoms with E-state index in [1.807, 2.05) is 65.0 Å². The molecule has 172 valence electrons. The smallest absolute Gasteiger partial charge is 0.249 e. The van der Waals surface area contributed by atoms with Crippen LogP contribution in [0.5, 0.6) is 0 Å². The molecule has 0 N–H and O–H groups in total. The van der Waals surface area contributed by atoms with Gasteiger partial charge in [-0.1, -0.05) is 59.7 Å². The summed E-state index contributed by atoms with van der Waals surface area (Å²) in [4.78, 5) is 0.267. The maximum absolute atomic E-state index is 14.2. The first-order chi connectivity index (χ1) is 14.4. The molecule has 2 unspecified atom stereocenters. The molecule has 1 aromatic carbocycles. The topological polar surface area (TPSA) is 64.4 Å². The van der Waals surface area contributed by atoms with Crippen LogP contribution >= 0.6 is 0 Å². The highest BCUT2D eigenvalue weighted by Crippen LogP contribution is 2.41. The van der Waals surface area contributed by atoms with E-state index < -0.39 is 21.2 Å². The van der Waals surface area contributed by atoms with Gasteiger partial charge in [0.15, 0.2) is 0 Å². The molecule has 1 aromatic heterocycles. The van der Waals surface area contributed by atoms with E-state index in [0.29, 0.717) is 31.1 Å². The highest BCUT2D eigenvalue weighted by atomic mass is 32.2. The number of aromatic nitrogens is 2. The lowest BCUT2D eigenvalue weighted by atomic mass is 9.92. The van der Waals surface area contributed by atoms with Gasteiger partial charge >= 0.3 is 0 Å². The van der Waals surface area contributed by atoms with Crippen LogP contribution < -0.4 is 0 Å². The second-order valence-electron chi connectivity index (χ2n) is 10.2. The van der Waals surface area contributed by atoms with Crippen molar-refractivity contribution in [3.05, 3.63) is 42.2 Å². The van der Waals surface area contributed by atoms with Crippen molar-refractivity contribution in [3.63, 3.8) is 0 Å². The monoisotopic (exact) mass is 447 g/mol. The zero-order valence-electron chi connectivity index (χ0n) is 19.9.